The molecule has 1 atom stereocenters. The molecule has 9 heteroatoms. The summed E-state index contributed by atoms with van der Waals surface area (Å²) in [4.78, 5) is 28.2. The summed E-state index contributed by atoms with van der Waals surface area (Å²) in [7, 11) is -2.37. The first-order chi connectivity index (χ1) is 16.6. The fourth-order valence-electron chi connectivity index (χ4n) is 4.41. The van der Waals surface area contributed by atoms with E-state index in [1.54, 1.807) is 31.2 Å². The van der Waals surface area contributed by atoms with Crippen molar-refractivity contribution in [1.82, 2.24) is 10.2 Å². The largest absolute Gasteiger partial charge is 0.495 e. The molecule has 0 spiro atoms. The van der Waals surface area contributed by atoms with Crippen LogP contribution >= 0.6 is 0 Å². The normalized spacial score (nSPS) is 14.9. The molecule has 1 aliphatic carbocycles. The summed E-state index contributed by atoms with van der Waals surface area (Å²) in [5.74, 6) is -0.374. The lowest BCUT2D eigenvalue weighted by atomic mass is 10.1. The number of aryl methyl sites for hydroxylation is 1. The van der Waals surface area contributed by atoms with Gasteiger partial charge in [0.2, 0.25) is 21.8 Å². The van der Waals surface area contributed by atoms with Gasteiger partial charge in [0.05, 0.1) is 19.1 Å². The van der Waals surface area contributed by atoms with Crippen LogP contribution in [0.1, 0.15) is 43.7 Å². The summed E-state index contributed by atoms with van der Waals surface area (Å²) < 4.78 is 31.8. The maximum atomic E-state index is 13.6. The zero-order valence-corrected chi connectivity index (χ0v) is 21.7. The lowest BCUT2D eigenvalue weighted by molar-refractivity contribution is -0.139. The monoisotopic (exact) mass is 501 g/mol. The first-order valence-electron chi connectivity index (χ1n) is 11.9. The molecule has 1 saturated carbocycles. The van der Waals surface area contributed by atoms with Gasteiger partial charge in [0, 0.05) is 12.6 Å². The Kier molecular flexibility index (Phi) is 8.77. The number of hydrogen-bond donors (Lipinski definition) is 1. The average molecular weight is 502 g/mol. The van der Waals surface area contributed by atoms with E-state index >= 15 is 0 Å². The Labute approximate surface area is 208 Å². The van der Waals surface area contributed by atoms with Crippen molar-refractivity contribution in [2.24, 2.45) is 0 Å². The molecular formula is C26H35N3O5S. The Hall–Kier alpha value is -3.07. The highest BCUT2D eigenvalue weighted by Gasteiger charge is 2.32. The number of para-hydroxylation sites is 2. The van der Waals surface area contributed by atoms with Crippen molar-refractivity contribution in [2.45, 2.75) is 58.2 Å². The number of amides is 2. The summed E-state index contributed by atoms with van der Waals surface area (Å²) in [6.45, 7) is 3.38. The number of rotatable bonds is 10. The minimum Gasteiger partial charge on any atom is -0.495 e. The van der Waals surface area contributed by atoms with Gasteiger partial charge in [-0.15, -0.1) is 0 Å². The van der Waals surface area contributed by atoms with Crippen LogP contribution in [0.2, 0.25) is 0 Å². The molecule has 2 aromatic carbocycles. The standard InChI is InChI=1S/C26H35N3O5S/c1-19-10-9-11-21(16-19)17-28(20(2)26(31)27-22-12-5-6-13-22)25(30)18-29(35(4,32)33)23-14-7-8-15-24(23)34-3/h7-11,14-16,20,22H,5-6,12-13,17-18H2,1-4H3,(H,27,31)/t20-/m1/s1. The van der Waals surface area contributed by atoms with Crippen LogP contribution in [0.5, 0.6) is 5.75 Å². The molecule has 2 aromatic rings. The highest BCUT2D eigenvalue weighted by Crippen LogP contribution is 2.29. The van der Waals surface area contributed by atoms with Crippen molar-refractivity contribution in [3.8, 4) is 5.75 Å². The molecule has 1 fully saturated rings. The van der Waals surface area contributed by atoms with Gasteiger partial charge in [-0.05, 0) is 44.4 Å². The Morgan fingerprint density at radius 2 is 1.80 bits per heavy atom. The Morgan fingerprint density at radius 1 is 1.11 bits per heavy atom. The van der Waals surface area contributed by atoms with Gasteiger partial charge in [-0.25, -0.2) is 8.42 Å². The van der Waals surface area contributed by atoms with Crippen LogP contribution in [0.25, 0.3) is 0 Å². The molecule has 1 aliphatic rings. The maximum absolute atomic E-state index is 13.6. The van der Waals surface area contributed by atoms with Crippen molar-refractivity contribution in [2.75, 3.05) is 24.2 Å². The van der Waals surface area contributed by atoms with Gasteiger partial charge in [0.1, 0.15) is 18.3 Å². The number of anilines is 1. The quantitative estimate of drug-likeness (QED) is 0.539. The second kappa shape index (κ2) is 11.6. The minimum absolute atomic E-state index is 0.113. The van der Waals surface area contributed by atoms with E-state index in [9.17, 15) is 18.0 Å². The van der Waals surface area contributed by atoms with Crippen LogP contribution in [-0.2, 0) is 26.2 Å². The van der Waals surface area contributed by atoms with E-state index in [2.05, 4.69) is 5.32 Å². The highest BCUT2D eigenvalue weighted by molar-refractivity contribution is 7.92. The first kappa shape index (κ1) is 26.5. The van der Waals surface area contributed by atoms with E-state index in [-0.39, 0.29) is 24.2 Å². The van der Waals surface area contributed by atoms with Crippen molar-refractivity contribution >= 4 is 27.5 Å². The zero-order valence-electron chi connectivity index (χ0n) is 20.9. The maximum Gasteiger partial charge on any atom is 0.244 e. The molecule has 0 radical (unpaired) electrons. The van der Waals surface area contributed by atoms with E-state index in [4.69, 9.17) is 4.74 Å². The lowest BCUT2D eigenvalue weighted by Crippen LogP contribution is -2.52. The van der Waals surface area contributed by atoms with E-state index in [0.717, 1.165) is 47.4 Å². The first-order valence-corrected chi connectivity index (χ1v) is 13.7. The SMILES string of the molecule is COc1ccccc1N(CC(=O)N(Cc1cccc(C)c1)[C@H](C)C(=O)NC1CCCC1)S(C)(=O)=O. The van der Waals surface area contributed by atoms with E-state index in [1.165, 1.54) is 12.0 Å². The summed E-state index contributed by atoms with van der Waals surface area (Å²) in [6, 6.07) is 13.7. The fraction of sp³-hybridized carbons (Fsp3) is 0.462. The highest BCUT2D eigenvalue weighted by atomic mass is 32.2. The number of ether oxygens (including phenoxy) is 1. The third-order valence-electron chi connectivity index (χ3n) is 6.34. The van der Waals surface area contributed by atoms with Gasteiger partial charge >= 0.3 is 0 Å². The Balaban J connectivity index is 1.90. The number of sulfonamides is 1. The second-order valence-corrected chi connectivity index (χ2v) is 11.0. The third kappa shape index (κ3) is 6.97. The molecule has 35 heavy (non-hydrogen) atoms. The van der Waals surface area contributed by atoms with Crippen LogP contribution < -0.4 is 14.4 Å². The number of methoxy groups -OCH3 is 1. The van der Waals surface area contributed by atoms with Crippen molar-refractivity contribution in [1.29, 1.82) is 0 Å². The number of carbonyl (C=O) groups excluding carboxylic acids is 2. The number of hydrogen-bond acceptors (Lipinski definition) is 5. The molecule has 190 valence electrons. The molecule has 0 heterocycles. The van der Waals surface area contributed by atoms with E-state index < -0.39 is 28.5 Å². The predicted molar refractivity (Wildman–Crippen MR) is 137 cm³/mol. The summed E-state index contributed by atoms with van der Waals surface area (Å²) >= 11 is 0. The van der Waals surface area contributed by atoms with Crippen LogP contribution in [0.3, 0.4) is 0 Å². The van der Waals surface area contributed by atoms with Crippen molar-refractivity contribution in [3.63, 3.8) is 0 Å². The topological polar surface area (TPSA) is 96.0 Å². The molecule has 2 amide bonds. The summed E-state index contributed by atoms with van der Waals surface area (Å²) in [5.41, 5.74) is 2.16. The van der Waals surface area contributed by atoms with Crippen molar-refractivity contribution in [3.05, 3.63) is 59.7 Å². The summed E-state index contributed by atoms with van der Waals surface area (Å²) in [6.07, 6.45) is 5.06. The number of nitrogens with zero attached hydrogens (tertiary/aromatic N) is 2. The van der Waals surface area contributed by atoms with Crippen LogP contribution in [-0.4, -0.2) is 57.1 Å². The molecule has 8 nitrogen and oxygen atoms in total. The minimum atomic E-state index is -3.82. The summed E-state index contributed by atoms with van der Waals surface area (Å²) in [5, 5.41) is 3.06. The average Bonchev–Trinajstić information content (AvgIpc) is 3.32. The van der Waals surface area contributed by atoms with Gasteiger partial charge < -0.3 is 15.0 Å². The second-order valence-electron chi connectivity index (χ2n) is 9.12. The number of benzene rings is 2. The zero-order chi connectivity index (χ0) is 25.6. The molecule has 0 bridgehead atoms. The van der Waals surface area contributed by atoms with Gasteiger partial charge in [-0.2, -0.15) is 0 Å². The van der Waals surface area contributed by atoms with Crippen LogP contribution in [0.4, 0.5) is 5.69 Å². The fourth-order valence-corrected chi connectivity index (χ4v) is 5.27. The molecule has 1 N–H and O–H groups in total. The van der Waals surface area contributed by atoms with Gasteiger partial charge in [-0.1, -0.05) is 54.8 Å². The Bertz CT molecular complexity index is 1150. The van der Waals surface area contributed by atoms with Gasteiger partial charge in [0.25, 0.3) is 0 Å². The van der Waals surface area contributed by atoms with Gasteiger partial charge in [0.15, 0.2) is 0 Å². The lowest BCUT2D eigenvalue weighted by Gasteiger charge is -2.32. The van der Waals surface area contributed by atoms with Crippen LogP contribution in [0.15, 0.2) is 48.5 Å². The Morgan fingerprint density at radius 3 is 2.43 bits per heavy atom. The molecule has 3 rings (SSSR count). The smallest absolute Gasteiger partial charge is 0.244 e. The molecular weight excluding hydrogens is 466 g/mol. The van der Waals surface area contributed by atoms with Crippen molar-refractivity contribution < 1.29 is 22.7 Å². The number of nitrogens with one attached hydrogen (secondary N) is 1. The molecule has 0 unspecified atom stereocenters. The van der Waals surface area contributed by atoms with E-state index in [0.29, 0.717) is 5.75 Å². The number of carbonyl (C=O) groups is 2. The molecule has 0 saturated heterocycles. The predicted octanol–water partition coefficient (Wildman–Crippen LogP) is 3.25. The molecule has 0 aromatic heterocycles. The molecule has 0 aliphatic heterocycles. The van der Waals surface area contributed by atoms with Gasteiger partial charge in [-0.3, -0.25) is 13.9 Å². The third-order valence-corrected chi connectivity index (χ3v) is 7.46. The van der Waals surface area contributed by atoms with E-state index in [1.807, 2.05) is 31.2 Å². The van der Waals surface area contributed by atoms with Crippen LogP contribution in [0, 0.1) is 6.92 Å².